The van der Waals surface area contributed by atoms with Crippen molar-refractivity contribution in [1.29, 1.82) is 0 Å². The smallest absolute Gasteiger partial charge is 0.423 e. The minimum atomic E-state index is -4.63. The molecule has 0 fully saturated rings. The Balaban J connectivity index is 2.07. The van der Waals surface area contributed by atoms with Crippen LogP contribution in [0.15, 0.2) is 24.4 Å². The lowest BCUT2D eigenvalue weighted by atomic mass is 10.1. The fourth-order valence-electron chi connectivity index (χ4n) is 2.39. The zero-order valence-corrected chi connectivity index (χ0v) is 11.6. The highest BCUT2D eigenvalue weighted by Gasteiger charge is 2.37. The van der Waals surface area contributed by atoms with Crippen molar-refractivity contribution >= 4 is 5.78 Å². The number of carbonyl (C=O) groups excluding carboxylic acids is 1. The van der Waals surface area contributed by atoms with Crippen molar-refractivity contribution < 1.29 is 22.7 Å². The van der Waals surface area contributed by atoms with E-state index in [1.807, 2.05) is 0 Å². The van der Waals surface area contributed by atoms with Crippen LogP contribution >= 0.6 is 0 Å². The van der Waals surface area contributed by atoms with E-state index in [1.165, 1.54) is 13.0 Å². The van der Waals surface area contributed by atoms with Crippen LogP contribution in [0.3, 0.4) is 0 Å². The summed E-state index contributed by atoms with van der Waals surface area (Å²) < 4.78 is 44.4. The third kappa shape index (κ3) is 2.54. The number of fused-ring (bicyclic) bond motifs is 1. The number of alkyl halides is 3. The largest absolute Gasteiger partial charge is 0.437 e. The number of hydrogen-bond donors (Lipinski definition) is 0. The first-order chi connectivity index (χ1) is 10.4. The Labute approximate surface area is 124 Å². The van der Waals surface area contributed by atoms with Crippen LogP contribution in [0.5, 0.6) is 11.6 Å². The van der Waals surface area contributed by atoms with Crippen molar-refractivity contribution in [3.8, 4) is 11.6 Å². The number of rotatable bonds is 2. The first-order valence-corrected chi connectivity index (χ1v) is 6.60. The molecule has 7 heteroatoms. The maximum Gasteiger partial charge on any atom is 0.423 e. The van der Waals surface area contributed by atoms with Gasteiger partial charge in [0, 0.05) is 12.6 Å². The molecule has 0 amide bonds. The van der Waals surface area contributed by atoms with E-state index in [9.17, 15) is 18.0 Å². The zero-order chi connectivity index (χ0) is 15.9. The van der Waals surface area contributed by atoms with Crippen molar-refractivity contribution in [1.82, 2.24) is 9.97 Å². The average molecular weight is 308 g/mol. The molecule has 0 bridgehead atoms. The summed E-state index contributed by atoms with van der Waals surface area (Å²) in [5.74, 6) is -0.469. The van der Waals surface area contributed by atoms with Crippen LogP contribution in [-0.4, -0.2) is 15.8 Å². The van der Waals surface area contributed by atoms with Crippen LogP contribution in [0.4, 0.5) is 13.2 Å². The molecule has 114 valence electrons. The van der Waals surface area contributed by atoms with Gasteiger partial charge < -0.3 is 4.74 Å². The van der Waals surface area contributed by atoms with Gasteiger partial charge in [-0.15, -0.1) is 0 Å². The molecular weight excluding hydrogens is 297 g/mol. The van der Waals surface area contributed by atoms with E-state index in [-0.39, 0.29) is 17.4 Å². The highest BCUT2D eigenvalue weighted by Crippen LogP contribution is 2.39. The maximum absolute atomic E-state index is 13.0. The lowest BCUT2D eigenvalue weighted by Crippen LogP contribution is -2.10. The second-order valence-electron chi connectivity index (χ2n) is 4.95. The minimum Gasteiger partial charge on any atom is -0.437 e. The first kappa shape index (κ1) is 14.5. The third-order valence-electron chi connectivity index (χ3n) is 3.40. The molecule has 0 saturated carbocycles. The second-order valence-corrected chi connectivity index (χ2v) is 4.95. The van der Waals surface area contributed by atoms with E-state index < -0.39 is 17.6 Å². The average Bonchev–Trinajstić information content (AvgIpc) is 2.80. The van der Waals surface area contributed by atoms with E-state index in [4.69, 9.17) is 4.74 Å². The molecule has 0 unspecified atom stereocenters. The molecule has 0 saturated heterocycles. The Morgan fingerprint density at radius 1 is 1.23 bits per heavy atom. The number of Topliss-reactive ketones (excluding diaryl/α,β-unsaturated/α-hetero) is 1. The van der Waals surface area contributed by atoms with Crippen LogP contribution in [0.1, 0.15) is 33.7 Å². The quantitative estimate of drug-likeness (QED) is 0.848. The van der Waals surface area contributed by atoms with Gasteiger partial charge in [-0.1, -0.05) is 12.1 Å². The van der Waals surface area contributed by atoms with Gasteiger partial charge in [0.25, 0.3) is 0 Å². The molecule has 0 spiro atoms. The molecule has 3 rings (SSSR count). The topological polar surface area (TPSA) is 52.1 Å². The van der Waals surface area contributed by atoms with Crippen LogP contribution in [-0.2, 0) is 12.6 Å². The van der Waals surface area contributed by atoms with Gasteiger partial charge in [0.05, 0.1) is 5.56 Å². The lowest BCUT2D eigenvalue weighted by molar-refractivity contribution is -0.139. The van der Waals surface area contributed by atoms with Crippen LogP contribution in [0.2, 0.25) is 0 Å². The summed E-state index contributed by atoms with van der Waals surface area (Å²) >= 11 is 0. The second kappa shape index (κ2) is 5.08. The van der Waals surface area contributed by atoms with Gasteiger partial charge in [-0.2, -0.15) is 18.2 Å². The highest BCUT2D eigenvalue weighted by molar-refractivity contribution is 6.02. The predicted molar refractivity (Wildman–Crippen MR) is 70.9 cm³/mol. The molecule has 1 aromatic heterocycles. The summed E-state index contributed by atoms with van der Waals surface area (Å²) in [7, 11) is 0. The van der Waals surface area contributed by atoms with Crippen molar-refractivity contribution in [3.05, 3.63) is 46.9 Å². The Hall–Kier alpha value is -2.44. The number of aromatic nitrogens is 2. The first-order valence-electron chi connectivity index (χ1n) is 6.60. The number of benzene rings is 1. The Bertz CT molecular complexity index is 757. The van der Waals surface area contributed by atoms with Crippen LogP contribution < -0.4 is 4.74 Å². The monoisotopic (exact) mass is 308 g/mol. The summed E-state index contributed by atoms with van der Waals surface area (Å²) in [6, 6.07) is 4.89. The van der Waals surface area contributed by atoms with Crippen molar-refractivity contribution in [2.45, 2.75) is 25.9 Å². The van der Waals surface area contributed by atoms with Crippen LogP contribution in [0.25, 0.3) is 0 Å². The molecule has 2 aromatic rings. The molecule has 1 aromatic carbocycles. The standard InChI is InChI=1S/C15H11F3N2O2/c1-8-19-7-10(15(16,17)18)14(20-8)22-12-4-2-3-9-5-6-11(21)13(9)12/h2-4,7H,5-6H2,1H3. The van der Waals surface area contributed by atoms with Gasteiger partial charge in [-0.05, 0) is 25.0 Å². The zero-order valence-electron chi connectivity index (χ0n) is 11.6. The number of ether oxygens (including phenoxy) is 1. The molecule has 1 heterocycles. The summed E-state index contributed by atoms with van der Waals surface area (Å²) in [5.41, 5.74) is 0.0508. The van der Waals surface area contributed by atoms with Crippen molar-refractivity contribution in [2.24, 2.45) is 0 Å². The summed E-state index contributed by atoms with van der Waals surface area (Å²) in [5, 5.41) is 0. The summed E-state index contributed by atoms with van der Waals surface area (Å²) in [6.45, 7) is 1.47. The van der Waals surface area contributed by atoms with Gasteiger partial charge in [-0.3, -0.25) is 4.79 Å². The minimum absolute atomic E-state index is 0.101. The molecule has 1 aliphatic carbocycles. The van der Waals surface area contributed by atoms with E-state index in [2.05, 4.69) is 9.97 Å². The van der Waals surface area contributed by atoms with E-state index in [1.54, 1.807) is 12.1 Å². The molecule has 1 aliphatic rings. The Kier molecular flexibility index (Phi) is 3.35. The van der Waals surface area contributed by atoms with Gasteiger partial charge >= 0.3 is 6.18 Å². The van der Waals surface area contributed by atoms with Crippen molar-refractivity contribution in [3.63, 3.8) is 0 Å². The Morgan fingerprint density at radius 2 is 2.00 bits per heavy atom. The van der Waals surface area contributed by atoms with E-state index in [0.29, 0.717) is 24.6 Å². The fourth-order valence-corrected chi connectivity index (χ4v) is 2.39. The molecule has 0 radical (unpaired) electrons. The number of nitrogens with zero attached hydrogens (tertiary/aromatic N) is 2. The predicted octanol–water partition coefficient (Wildman–Crippen LogP) is 3.73. The SMILES string of the molecule is Cc1ncc(C(F)(F)F)c(Oc2cccc3c2C(=O)CC3)n1. The number of carbonyl (C=O) groups is 1. The molecule has 22 heavy (non-hydrogen) atoms. The van der Waals surface area contributed by atoms with Gasteiger partial charge in [0.2, 0.25) is 5.88 Å². The van der Waals surface area contributed by atoms with E-state index >= 15 is 0 Å². The fraction of sp³-hybridized carbons (Fsp3) is 0.267. The summed E-state index contributed by atoms with van der Waals surface area (Å²) in [6.07, 6.45) is -3.04. The molecule has 0 atom stereocenters. The number of ketones is 1. The van der Waals surface area contributed by atoms with E-state index in [0.717, 1.165) is 5.56 Å². The molecule has 0 aliphatic heterocycles. The number of hydrogen-bond acceptors (Lipinski definition) is 4. The molecule has 4 nitrogen and oxygen atoms in total. The third-order valence-corrected chi connectivity index (χ3v) is 3.40. The number of halogens is 3. The van der Waals surface area contributed by atoms with Crippen LogP contribution in [0, 0.1) is 6.92 Å². The number of aryl methyl sites for hydroxylation is 2. The van der Waals surface area contributed by atoms with Gasteiger partial charge in [0.1, 0.15) is 17.1 Å². The lowest BCUT2D eigenvalue weighted by Gasteiger charge is -2.14. The Morgan fingerprint density at radius 3 is 2.73 bits per heavy atom. The van der Waals surface area contributed by atoms with Gasteiger partial charge in [-0.25, -0.2) is 4.98 Å². The van der Waals surface area contributed by atoms with Gasteiger partial charge in [0.15, 0.2) is 5.78 Å². The highest BCUT2D eigenvalue weighted by atomic mass is 19.4. The summed E-state index contributed by atoms with van der Waals surface area (Å²) in [4.78, 5) is 19.2. The van der Waals surface area contributed by atoms with Crippen molar-refractivity contribution in [2.75, 3.05) is 0 Å². The maximum atomic E-state index is 13.0. The molecule has 0 N–H and O–H groups in total. The molecular formula is C15H11F3N2O2. The normalized spacial score (nSPS) is 14.1.